The third-order valence-corrected chi connectivity index (χ3v) is 5.46. The Morgan fingerprint density at radius 3 is 2.70 bits per heavy atom. The summed E-state index contributed by atoms with van der Waals surface area (Å²) >= 11 is 1.89. The molecule has 20 heavy (non-hydrogen) atoms. The highest BCUT2D eigenvalue weighted by Gasteiger charge is 2.24. The summed E-state index contributed by atoms with van der Waals surface area (Å²) in [7, 11) is 0. The minimum absolute atomic E-state index is 0.807. The van der Waals surface area contributed by atoms with Crippen LogP contribution >= 0.6 is 11.3 Å². The van der Waals surface area contributed by atoms with Crippen molar-refractivity contribution in [3.8, 4) is 0 Å². The topological polar surface area (TPSA) is 29.0 Å². The van der Waals surface area contributed by atoms with Gasteiger partial charge in [-0.2, -0.15) is 0 Å². The molecule has 0 saturated heterocycles. The zero-order chi connectivity index (χ0) is 14.3. The fourth-order valence-corrected chi connectivity index (χ4v) is 4.60. The van der Waals surface area contributed by atoms with Gasteiger partial charge in [0.05, 0.1) is 5.39 Å². The van der Waals surface area contributed by atoms with Crippen LogP contribution in [0.1, 0.15) is 43.5 Å². The number of aromatic nitrogens is 2. The molecule has 1 aliphatic carbocycles. The predicted octanol–water partition coefficient (Wildman–Crippen LogP) is 3.97. The number of anilines is 1. The summed E-state index contributed by atoms with van der Waals surface area (Å²) in [5.74, 6) is 2.86. The molecule has 1 atom stereocenters. The van der Waals surface area contributed by atoms with E-state index in [1.165, 1.54) is 35.0 Å². The maximum atomic E-state index is 4.76. The van der Waals surface area contributed by atoms with E-state index in [0.717, 1.165) is 30.6 Å². The molecule has 0 aromatic carbocycles. The number of aryl methyl sites for hydroxylation is 2. The van der Waals surface area contributed by atoms with Gasteiger partial charge in [0.15, 0.2) is 0 Å². The summed E-state index contributed by atoms with van der Waals surface area (Å²) in [6.07, 6.45) is 3.70. The van der Waals surface area contributed by atoms with Gasteiger partial charge in [0.2, 0.25) is 0 Å². The Kier molecular flexibility index (Phi) is 3.67. The molecule has 4 heteroatoms. The molecule has 0 aliphatic heterocycles. The van der Waals surface area contributed by atoms with Gasteiger partial charge in [-0.3, -0.25) is 0 Å². The fraction of sp³-hybridized carbons (Fsp3) is 0.625. The molecular weight excluding hydrogens is 266 g/mol. The van der Waals surface area contributed by atoms with Crippen LogP contribution in [0, 0.1) is 12.8 Å². The normalized spacial score (nSPS) is 18.3. The molecule has 2 aromatic rings. The fourth-order valence-electron chi connectivity index (χ4n) is 3.18. The Morgan fingerprint density at radius 1 is 1.25 bits per heavy atom. The Morgan fingerprint density at radius 2 is 2.00 bits per heavy atom. The highest BCUT2D eigenvalue weighted by molar-refractivity contribution is 7.19. The van der Waals surface area contributed by atoms with Crippen molar-refractivity contribution in [2.24, 2.45) is 5.92 Å². The van der Waals surface area contributed by atoms with Gasteiger partial charge in [-0.1, -0.05) is 6.92 Å². The van der Waals surface area contributed by atoms with Crippen molar-refractivity contribution in [1.29, 1.82) is 0 Å². The Bertz CT molecular complexity index is 628. The Hall–Kier alpha value is -1.16. The summed E-state index contributed by atoms with van der Waals surface area (Å²) in [4.78, 5) is 14.6. The molecule has 2 aromatic heterocycles. The molecule has 0 spiro atoms. The SMILES string of the molecule is CCN(CC)c1nc(C)nc2sc3c(c12)CC[C@@H](C)C3. The maximum absolute atomic E-state index is 4.76. The Balaban J connectivity index is 2.23. The van der Waals surface area contributed by atoms with Gasteiger partial charge in [0, 0.05) is 18.0 Å². The van der Waals surface area contributed by atoms with Crippen LogP contribution in [0.15, 0.2) is 0 Å². The molecule has 0 amide bonds. The first-order chi connectivity index (χ1) is 9.63. The third kappa shape index (κ3) is 2.20. The molecule has 1 aliphatic rings. The van der Waals surface area contributed by atoms with E-state index in [9.17, 15) is 0 Å². The van der Waals surface area contributed by atoms with Crippen LogP contribution in [-0.4, -0.2) is 23.1 Å². The van der Waals surface area contributed by atoms with E-state index in [1.54, 1.807) is 4.88 Å². The summed E-state index contributed by atoms with van der Waals surface area (Å²) in [5, 5.41) is 1.34. The van der Waals surface area contributed by atoms with Crippen LogP contribution in [-0.2, 0) is 12.8 Å². The van der Waals surface area contributed by atoms with Crippen LogP contribution in [0.2, 0.25) is 0 Å². The van der Waals surface area contributed by atoms with Gasteiger partial charge < -0.3 is 4.90 Å². The van der Waals surface area contributed by atoms with Crippen molar-refractivity contribution in [3.63, 3.8) is 0 Å². The van der Waals surface area contributed by atoms with E-state index in [4.69, 9.17) is 9.97 Å². The number of nitrogens with zero attached hydrogens (tertiary/aromatic N) is 3. The van der Waals surface area contributed by atoms with Gasteiger partial charge >= 0.3 is 0 Å². The molecule has 2 heterocycles. The first kappa shape index (κ1) is 13.8. The first-order valence-electron chi connectivity index (χ1n) is 7.67. The van der Waals surface area contributed by atoms with E-state index < -0.39 is 0 Å². The van der Waals surface area contributed by atoms with Crippen molar-refractivity contribution in [1.82, 2.24) is 9.97 Å². The van der Waals surface area contributed by atoms with Gasteiger partial charge in [-0.05, 0) is 51.5 Å². The van der Waals surface area contributed by atoms with Gasteiger partial charge in [-0.15, -0.1) is 11.3 Å². The van der Waals surface area contributed by atoms with Crippen molar-refractivity contribution in [2.75, 3.05) is 18.0 Å². The highest BCUT2D eigenvalue weighted by atomic mass is 32.1. The zero-order valence-corrected chi connectivity index (χ0v) is 13.7. The molecular formula is C16H23N3S. The van der Waals surface area contributed by atoms with Crippen LogP contribution < -0.4 is 4.90 Å². The number of hydrogen-bond acceptors (Lipinski definition) is 4. The van der Waals surface area contributed by atoms with Crippen molar-refractivity contribution in [3.05, 3.63) is 16.3 Å². The van der Waals surface area contributed by atoms with E-state index >= 15 is 0 Å². The molecule has 0 fully saturated rings. The van der Waals surface area contributed by atoms with E-state index in [-0.39, 0.29) is 0 Å². The molecule has 0 saturated carbocycles. The summed E-state index contributed by atoms with van der Waals surface area (Å²) in [5.41, 5.74) is 1.53. The quantitative estimate of drug-likeness (QED) is 0.856. The molecule has 108 valence electrons. The second-order valence-corrected chi connectivity index (χ2v) is 6.88. The summed E-state index contributed by atoms with van der Waals surface area (Å²) in [6.45, 7) is 10.8. The molecule has 0 unspecified atom stereocenters. The molecule has 0 radical (unpaired) electrons. The minimum atomic E-state index is 0.807. The lowest BCUT2D eigenvalue weighted by Crippen LogP contribution is -2.24. The lowest BCUT2D eigenvalue weighted by atomic mass is 9.89. The van der Waals surface area contributed by atoms with Crippen molar-refractivity contribution >= 4 is 27.4 Å². The van der Waals surface area contributed by atoms with Crippen LogP contribution in [0.3, 0.4) is 0 Å². The summed E-state index contributed by atoms with van der Waals surface area (Å²) < 4.78 is 0. The van der Waals surface area contributed by atoms with Gasteiger partial charge in [0.25, 0.3) is 0 Å². The standard InChI is InChI=1S/C16H23N3S/c1-5-19(6-2)15-14-12-8-7-10(3)9-13(12)20-16(14)18-11(4)17-15/h10H,5-9H2,1-4H3/t10-/m1/s1. The largest absolute Gasteiger partial charge is 0.357 e. The number of fused-ring (bicyclic) bond motifs is 3. The van der Waals surface area contributed by atoms with Gasteiger partial charge in [0.1, 0.15) is 16.5 Å². The monoisotopic (exact) mass is 289 g/mol. The molecule has 0 N–H and O–H groups in total. The molecule has 3 nitrogen and oxygen atoms in total. The van der Waals surface area contributed by atoms with Gasteiger partial charge in [-0.25, -0.2) is 9.97 Å². The van der Waals surface area contributed by atoms with E-state index in [0.29, 0.717) is 0 Å². The lowest BCUT2D eigenvalue weighted by molar-refractivity contribution is 0.509. The van der Waals surface area contributed by atoms with Crippen molar-refractivity contribution in [2.45, 2.75) is 47.0 Å². The second kappa shape index (κ2) is 5.32. The highest BCUT2D eigenvalue weighted by Crippen LogP contribution is 2.40. The first-order valence-corrected chi connectivity index (χ1v) is 8.49. The second-order valence-electron chi connectivity index (χ2n) is 5.80. The zero-order valence-electron chi connectivity index (χ0n) is 12.9. The average molecular weight is 289 g/mol. The van der Waals surface area contributed by atoms with Crippen molar-refractivity contribution < 1.29 is 0 Å². The number of thiophene rings is 1. The van der Waals surface area contributed by atoms with Crippen LogP contribution in [0.25, 0.3) is 10.2 Å². The maximum Gasteiger partial charge on any atom is 0.141 e. The molecule has 3 rings (SSSR count). The minimum Gasteiger partial charge on any atom is -0.357 e. The Labute approximate surface area is 125 Å². The van der Waals surface area contributed by atoms with Crippen LogP contribution in [0.4, 0.5) is 5.82 Å². The van der Waals surface area contributed by atoms with E-state index in [1.807, 2.05) is 18.3 Å². The third-order valence-electron chi connectivity index (χ3n) is 4.31. The smallest absolute Gasteiger partial charge is 0.141 e. The molecule has 0 bridgehead atoms. The summed E-state index contributed by atoms with van der Waals surface area (Å²) in [6, 6.07) is 0. The number of hydrogen-bond donors (Lipinski definition) is 0. The lowest BCUT2D eigenvalue weighted by Gasteiger charge is -2.23. The van der Waals surface area contributed by atoms with E-state index in [2.05, 4.69) is 25.7 Å². The number of rotatable bonds is 3. The van der Waals surface area contributed by atoms with Crippen LogP contribution in [0.5, 0.6) is 0 Å². The predicted molar refractivity (Wildman–Crippen MR) is 86.9 cm³/mol. The average Bonchev–Trinajstić information content (AvgIpc) is 2.76.